The fourth-order valence-electron chi connectivity index (χ4n) is 2.34. The molecule has 0 saturated carbocycles. The lowest BCUT2D eigenvalue weighted by Gasteiger charge is -2.12. The molecule has 0 saturated heterocycles. The number of aromatic hydroxyl groups is 1. The molecule has 0 aliphatic heterocycles. The maximum Gasteiger partial charge on any atom is 0.335 e. The van der Waals surface area contributed by atoms with Crippen molar-refractivity contribution in [2.45, 2.75) is 20.8 Å². The average molecular weight is 230 g/mol. The van der Waals surface area contributed by atoms with E-state index in [1.807, 2.05) is 13.8 Å². The van der Waals surface area contributed by atoms with Gasteiger partial charge in [-0.05, 0) is 66.4 Å². The highest BCUT2D eigenvalue weighted by atomic mass is 16.4. The Hall–Kier alpha value is -2.03. The number of phenols is 1. The normalized spacial score (nSPS) is 10.8. The van der Waals surface area contributed by atoms with E-state index in [9.17, 15) is 9.90 Å². The molecule has 0 aliphatic carbocycles. The molecule has 17 heavy (non-hydrogen) atoms. The molecule has 2 aromatic rings. The van der Waals surface area contributed by atoms with Crippen molar-refractivity contribution in [1.29, 1.82) is 0 Å². The Morgan fingerprint density at radius 1 is 1.06 bits per heavy atom. The minimum absolute atomic E-state index is 0.209. The van der Waals surface area contributed by atoms with Crippen LogP contribution >= 0.6 is 0 Å². The molecule has 0 atom stereocenters. The monoisotopic (exact) mass is 230 g/mol. The zero-order chi connectivity index (χ0) is 12.7. The third kappa shape index (κ3) is 1.73. The first-order valence-corrected chi connectivity index (χ1v) is 5.38. The molecular weight excluding hydrogens is 216 g/mol. The number of carboxylic acids is 1. The van der Waals surface area contributed by atoms with Gasteiger partial charge in [0.15, 0.2) is 0 Å². The van der Waals surface area contributed by atoms with Crippen molar-refractivity contribution in [2.24, 2.45) is 0 Å². The summed E-state index contributed by atoms with van der Waals surface area (Å²) in [5.41, 5.74) is 2.82. The molecule has 0 spiro atoms. The van der Waals surface area contributed by atoms with E-state index in [4.69, 9.17) is 5.11 Å². The number of aryl methyl sites for hydroxylation is 3. The second-order valence-electron chi connectivity index (χ2n) is 4.36. The first-order valence-electron chi connectivity index (χ1n) is 5.38. The van der Waals surface area contributed by atoms with Gasteiger partial charge in [-0.15, -0.1) is 0 Å². The van der Waals surface area contributed by atoms with Gasteiger partial charge in [0.1, 0.15) is 5.75 Å². The Morgan fingerprint density at radius 3 is 2.29 bits per heavy atom. The lowest BCUT2D eigenvalue weighted by Crippen LogP contribution is -2.02. The van der Waals surface area contributed by atoms with Crippen LogP contribution < -0.4 is 0 Å². The highest BCUT2D eigenvalue weighted by Crippen LogP contribution is 2.31. The maximum absolute atomic E-state index is 11.1. The quantitative estimate of drug-likeness (QED) is 0.791. The summed E-state index contributed by atoms with van der Waals surface area (Å²) >= 11 is 0. The molecule has 0 aromatic heterocycles. The van der Waals surface area contributed by atoms with Crippen LogP contribution in [0.25, 0.3) is 10.8 Å². The van der Waals surface area contributed by atoms with E-state index in [0.29, 0.717) is 5.56 Å². The van der Waals surface area contributed by atoms with Gasteiger partial charge in [-0.1, -0.05) is 0 Å². The summed E-state index contributed by atoms with van der Waals surface area (Å²) in [7, 11) is 0. The average Bonchev–Trinajstić information content (AvgIpc) is 2.21. The first-order chi connectivity index (χ1) is 7.91. The van der Waals surface area contributed by atoms with Gasteiger partial charge >= 0.3 is 5.97 Å². The Labute approximate surface area is 99.3 Å². The van der Waals surface area contributed by atoms with Crippen molar-refractivity contribution in [3.05, 3.63) is 40.5 Å². The van der Waals surface area contributed by atoms with Crippen molar-refractivity contribution in [3.63, 3.8) is 0 Å². The molecule has 0 fully saturated rings. The zero-order valence-electron chi connectivity index (χ0n) is 10.0. The van der Waals surface area contributed by atoms with Gasteiger partial charge in [-0.25, -0.2) is 4.79 Å². The fraction of sp³-hybridized carbons (Fsp3) is 0.214. The molecule has 2 N–H and O–H groups in total. The topological polar surface area (TPSA) is 57.5 Å². The molecule has 88 valence electrons. The predicted molar refractivity (Wildman–Crippen MR) is 66.8 cm³/mol. The number of aromatic carboxylic acids is 1. The van der Waals surface area contributed by atoms with Crippen LogP contribution in [0.5, 0.6) is 5.75 Å². The number of carboxylic acid groups (broad SMARTS) is 1. The number of benzene rings is 2. The van der Waals surface area contributed by atoms with Crippen LogP contribution in [-0.4, -0.2) is 16.2 Å². The van der Waals surface area contributed by atoms with Crippen LogP contribution in [0.3, 0.4) is 0 Å². The van der Waals surface area contributed by atoms with E-state index in [1.54, 1.807) is 25.1 Å². The number of fused-ring (bicyclic) bond motifs is 1. The number of hydrogen-bond donors (Lipinski definition) is 2. The van der Waals surface area contributed by atoms with E-state index < -0.39 is 5.97 Å². The second kappa shape index (κ2) is 3.77. The smallest absolute Gasteiger partial charge is 0.335 e. The van der Waals surface area contributed by atoms with Gasteiger partial charge in [0.05, 0.1) is 5.56 Å². The molecular formula is C14H14O3. The van der Waals surface area contributed by atoms with E-state index >= 15 is 0 Å². The van der Waals surface area contributed by atoms with Crippen molar-refractivity contribution >= 4 is 16.7 Å². The van der Waals surface area contributed by atoms with Crippen LogP contribution in [0.2, 0.25) is 0 Å². The second-order valence-corrected chi connectivity index (χ2v) is 4.36. The van der Waals surface area contributed by atoms with Crippen molar-refractivity contribution < 1.29 is 15.0 Å². The molecule has 2 rings (SSSR count). The van der Waals surface area contributed by atoms with Crippen LogP contribution in [-0.2, 0) is 0 Å². The van der Waals surface area contributed by atoms with Crippen LogP contribution in [0, 0.1) is 20.8 Å². The summed E-state index contributed by atoms with van der Waals surface area (Å²) in [5, 5.41) is 20.6. The Kier molecular flexibility index (Phi) is 2.54. The minimum Gasteiger partial charge on any atom is -0.508 e. The number of hydrogen-bond acceptors (Lipinski definition) is 2. The molecule has 0 amide bonds. The lowest BCUT2D eigenvalue weighted by atomic mass is 9.93. The third-order valence-corrected chi connectivity index (χ3v) is 3.12. The molecule has 0 radical (unpaired) electrons. The highest BCUT2D eigenvalue weighted by molar-refractivity contribution is 6.01. The molecule has 3 heteroatoms. The number of carbonyl (C=O) groups is 1. The molecule has 3 nitrogen and oxygen atoms in total. The number of phenolic OH excluding ortho intramolecular Hbond substituents is 1. The van der Waals surface area contributed by atoms with Crippen molar-refractivity contribution in [2.75, 3.05) is 0 Å². The molecule has 0 unspecified atom stereocenters. The van der Waals surface area contributed by atoms with Crippen molar-refractivity contribution in [1.82, 2.24) is 0 Å². The van der Waals surface area contributed by atoms with Crippen molar-refractivity contribution in [3.8, 4) is 5.75 Å². The highest BCUT2D eigenvalue weighted by Gasteiger charge is 2.14. The molecule has 0 aliphatic rings. The molecule has 2 aromatic carbocycles. The van der Waals surface area contributed by atoms with Crippen LogP contribution in [0.1, 0.15) is 27.0 Å². The van der Waals surface area contributed by atoms with E-state index in [2.05, 4.69) is 0 Å². The van der Waals surface area contributed by atoms with Gasteiger partial charge in [0, 0.05) is 0 Å². The number of rotatable bonds is 1. The maximum atomic E-state index is 11.1. The fourth-order valence-corrected chi connectivity index (χ4v) is 2.34. The SMILES string of the molecule is Cc1cc(C(=O)O)c(C)c2c(C)cc(O)cc12. The summed E-state index contributed by atoms with van der Waals surface area (Å²) in [6, 6.07) is 4.98. The largest absolute Gasteiger partial charge is 0.508 e. The Bertz CT molecular complexity index is 627. The molecule has 0 bridgehead atoms. The van der Waals surface area contributed by atoms with Gasteiger partial charge in [-0.2, -0.15) is 0 Å². The standard InChI is InChI=1S/C14H14O3/c1-7-5-12(14(16)17)9(3)13-8(2)4-10(15)6-11(7)13/h4-6,15H,1-3H3,(H,16,17). The van der Waals surface area contributed by atoms with E-state index in [0.717, 1.165) is 27.5 Å². The summed E-state index contributed by atoms with van der Waals surface area (Å²) in [5.74, 6) is -0.708. The predicted octanol–water partition coefficient (Wildman–Crippen LogP) is 3.17. The van der Waals surface area contributed by atoms with E-state index in [-0.39, 0.29) is 5.75 Å². The Morgan fingerprint density at radius 2 is 1.71 bits per heavy atom. The molecule has 0 heterocycles. The van der Waals surface area contributed by atoms with Gasteiger partial charge in [0.2, 0.25) is 0 Å². The van der Waals surface area contributed by atoms with Gasteiger partial charge in [0.25, 0.3) is 0 Å². The lowest BCUT2D eigenvalue weighted by molar-refractivity contribution is 0.0696. The first kappa shape index (κ1) is 11.5. The van der Waals surface area contributed by atoms with Crippen LogP contribution in [0.4, 0.5) is 0 Å². The van der Waals surface area contributed by atoms with Crippen LogP contribution in [0.15, 0.2) is 18.2 Å². The van der Waals surface area contributed by atoms with Gasteiger partial charge in [-0.3, -0.25) is 0 Å². The zero-order valence-corrected chi connectivity index (χ0v) is 10.0. The third-order valence-electron chi connectivity index (χ3n) is 3.12. The summed E-state index contributed by atoms with van der Waals surface area (Å²) < 4.78 is 0. The van der Waals surface area contributed by atoms with E-state index in [1.165, 1.54) is 0 Å². The Balaban J connectivity index is 2.99. The summed E-state index contributed by atoms with van der Waals surface area (Å²) in [4.78, 5) is 11.1. The summed E-state index contributed by atoms with van der Waals surface area (Å²) in [6.07, 6.45) is 0. The minimum atomic E-state index is -0.917. The summed E-state index contributed by atoms with van der Waals surface area (Å²) in [6.45, 7) is 5.53. The van der Waals surface area contributed by atoms with Gasteiger partial charge < -0.3 is 10.2 Å².